The zero-order chi connectivity index (χ0) is 12.1. The van der Waals surface area contributed by atoms with Gasteiger partial charge in [-0.3, -0.25) is 0 Å². The molecule has 4 heteroatoms. The lowest BCUT2D eigenvalue weighted by Crippen LogP contribution is -2.15. The molecule has 4 nitrogen and oxygen atoms in total. The van der Waals surface area contributed by atoms with Gasteiger partial charge in [-0.05, 0) is 26.0 Å². The summed E-state index contributed by atoms with van der Waals surface area (Å²) in [6.07, 6.45) is 0. The van der Waals surface area contributed by atoms with E-state index in [0.29, 0.717) is 5.82 Å². The Hall–Kier alpha value is -1.84. The van der Waals surface area contributed by atoms with Crippen molar-refractivity contribution in [2.24, 2.45) is 0 Å². The lowest BCUT2D eigenvalue weighted by Gasteiger charge is -2.02. The number of benzene rings is 1. The second-order valence-corrected chi connectivity index (χ2v) is 3.25. The van der Waals surface area contributed by atoms with Crippen LogP contribution in [0.2, 0.25) is 0 Å². The summed E-state index contributed by atoms with van der Waals surface area (Å²) in [5.41, 5.74) is 1.81. The van der Waals surface area contributed by atoms with Crippen molar-refractivity contribution in [3.8, 4) is 5.69 Å². The Morgan fingerprint density at radius 2 is 1.69 bits per heavy atom. The highest BCUT2D eigenvalue weighted by Gasteiger charge is 2.04. The summed E-state index contributed by atoms with van der Waals surface area (Å²) >= 11 is 0. The molecule has 0 amide bonds. The molecule has 2 rings (SSSR count). The number of rotatable bonds is 1. The van der Waals surface area contributed by atoms with Gasteiger partial charge in [0.2, 0.25) is 0 Å². The zero-order valence-electron chi connectivity index (χ0n) is 10.1. The highest BCUT2D eigenvalue weighted by atomic mass is 16.1. The summed E-state index contributed by atoms with van der Waals surface area (Å²) in [6.45, 7) is 7.80. The van der Waals surface area contributed by atoms with Gasteiger partial charge in [0.25, 0.3) is 0 Å². The molecular weight excluding hydrogens is 202 g/mol. The molecular formula is C12H17N3O. The van der Waals surface area contributed by atoms with Gasteiger partial charge >= 0.3 is 5.69 Å². The van der Waals surface area contributed by atoms with Crippen LogP contribution in [-0.4, -0.2) is 14.8 Å². The van der Waals surface area contributed by atoms with Gasteiger partial charge in [-0.2, -0.15) is 5.10 Å². The molecule has 0 unspecified atom stereocenters. The topological polar surface area (TPSA) is 50.7 Å². The third-order valence-electron chi connectivity index (χ3n) is 2.13. The molecule has 86 valence electrons. The molecule has 1 heterocycles. The summed E-state index contributed by atoms with van der Waals surface area (Å²) in [5, 5.41) is 6.25. The monoisotopic (exact) mass is 219 g/mol. The molecule has 16 heavy (non-hydrogen) atoms. The quantitative estimate of drug-likeness (QED) is 0.799. The Bertz CT molecular complexity index is 494. The molecule has 1 N–H and O–H groups in total. The molecule has 0 saturated heterocycles. The molecule has 0 aliphatic rings. The summed E-state index contributed by atoms with van der Waals surface area (Å²) in [5.74, 6) is 0.666. The first-order valence-corrected chi connectivity index (χ1v) is 5.39. The average molecular weight is 219 g/mol. The number of H-pyrrole nitrogens is 1. The maximum Gasteiger partial charge on any atom is 0.347 e. The van der Waals surface area contributed by atoms with E-state index in [-0.39, 0.29) is 5.69 Å². The Kier molecular flexibility index (Phi) is 4.05. The summed E-state index contributed by atoms with van der Waals surface area (Å²) < 4.78 is 1.54. The summed E-state index contributed by atoms with van der Waals surface area (Å²) in [7, 11) is 0. The van der Waals surface area contributed by atoms with E-state index in [1.807, 2.05) is 45.0 Å². The van der Waals surface area contributed by atoms with Crippen molar-refractivity contribution in [3.05, 3.63) is 46.1 Å². The number of aromatic amines is 1. The highest BCUT2D eigenvalue weighted by Crippen LogP contribution is 2.07. The first-order chi connectivity index (χ1) is 7.68. The van der Waals surface area contributed by atoms with Crippen molar-refractivity contribution in [2.45, 2.75) is 27.7 Å². The Morgan fingerprint density at radius 3 is 2.12 bits per heavy atom. The first-order valence-electron chi connectivity index (χ1n) is 5.39. The molecule has 1 aromatic heterocycles. The van der Waals surface area contributed by atoms with Crippen LogP contribution < -0.4 is 5.69 Å². The minimum atomic E-state index is -0.202. The molecule has 0 spiro atoms. The van der Waals surface area contributed by atoms with E-state index < -0.39 is 0 Å². The van der Waals surface area contributed by atoms with E-state index in [0.717, 1.165) is 5.69 Å². The van der Waals surface area contributed by atoms with Crippen LogP contribution in [0.25, 0.3) is 5.69 Å². The van der Waals surface area contributed by atoms with Crippen LogP contribution in [0.5, 0.6) is 0 Å². The summed E-state index contributed by atoms with van der Waals surface area (Å²) in [4.78, 5) is 11.4. The van der Waals surface area contributed by atoms with E-state index in [9.17, 15) is 4.79 Å². The van der Waals surface area contributed by atoms with E-state index >= 15 is 0 Å². The number of nitrogens with zero attached hydrogens (tertiary/aromatic N) is 2. The van der Waals surface area contributed by atoms with Gasteiger partial charge in [-0.15, -0.1) is 0 Å². The molecule has 0 aliphatic heterocycles. The smallest absolute Gasteiger partial charge is 0.247 e. The van der Waals surface area contributed by atoms with Gasteiger partial charge in [0.1, 0.15) is 5.82 Å². The van der Waals surface area contributed by atoms with Crippen molar-refractivity contribution in [2.75, 3.05) is 0 Å². The van der Waals surface area contributed by atoms with Crippen molar-refractivity contribution < 1.29 is 0 Å². The average Bonchev–Trinajstić information content (AvgIpc) is 2.63. The third-order valence-corrected chi connectivity index (χ3v) is 2.13. The molecule has 0 aliphatic carbocycles. The second kappa shape index (κ2) is 5.30. The fourth-order valence-electron chi connectivity index (χ4n) is 1.37. The fraction of sp³-hybridized carbons (Fsp3) is 0.333. The first kappa shape index (κ1) is 12.2. The van der Waals surface area contributed by atoms with E-state index in [2.05, 4.69) is 10.2 Å². The highest BCUT2D eigenvalue weighted by molar-refractivity contribution is 5.34. The molecule has 0 fully saturated rings. The molecule has 0 bridgehead atoms. The molecule has 0 atom stereocenters. The molecule has 0 radical (unpaired) electrons. The van der Waals surface area contributed by atoms with Crippen LogP contribution >= 0.6 is 0 Å². The minimum Gasteiger partial charge on any atom is -0.247 e. The second-order valence-electron chi connectivity index (χ2n) is 3.25. The minimum absolute atomic E-state index is 0.202. The Labute approximate surface area is 94.9 Å². The van der Waals surface area contributed by atoms with Gasteiger partial charge < -0.3 is 0 Å². The predicted octanol–water partition coefficient (Wildman–Crippen LogP) is 2.20. The number of hydrogen-bond donors (Lipinski definition) is 1. The van der Waals surface area contributed by atoms with Crippen LogP contribution in [0.15, 0.2) is 29.1 Å². The van der Waals surface area contributed by atoms with E-state index in [1.165, 1.54) is 5.56 Å². The lowest BCUT2D eigenvalue weighted by molar-refractivity contribution is 0.943. The van der Waals surface area contributed by atoms with E-state index in [4.69, 9.17) is 0 Å². The maximum atomic E-state index is 11.4. The van der Waals surface area contributed by atoms with Crippen LogP contribution in [0, 0.1) is 13.8 Å². The third kappa shape index (κ3) is 2.39. The largest absolute Gasteiger partial charge is 0.347 e. The van der Waals surface area contributed by atoms with Crippen LogP contribution in [0.3, 0.4) is 0 Å². The molecule has 1 aromatic carbocycles. The van der Waals surface area contributed by atoms with Crippen LogP contribution in [0.1, 0.15) is 25.2 Å². The summed E-state index contributed by atoms with van der Waals surface area (Å²) in [6, 6.07) is 7.74. The van der Waals surface area contributed by atoms with Gasteiger partial charge in [0.15, 0.2) is 0 Å². The van der Waals surface area contributed by atoms with Gasteiger partial charge in [0.05, 0.1) is 5.69 Å². The lowest BCUT2D eigenvalue weighted by atomic mass is 10.2. The predicted molar refractivity (Wildman–Crippen MR) is 65.0 cm³/mol. The maximum absolute atomic E-state index is 11.4. The zero-order valence-corrected chi connectivity index (χ0v) is 10.1. The standard InChI is InChI=1S/C10H11N3O.C2H6/c1-7-3-5-9(6-4-7)13-8(2)11-12-10(13)14;1-2/h3-6H,1-2H3,(H,12,14);1-2H3. The van der Waals surface area contributed by atoms with Gasteiger partial charge in [-0.25, -0.2) is 14.5 Å². The SMILES string of the molecule is CC.Cc1ccc(-n2c(C)n[nH]c2=O)cc1. The molecule has 2 aromatic rings. The number of hydrogen-bond acceptors (Lipinski definition) is 2. The van der Waals surface area contributed by atoms with Crippen LogP contribution in [0.4, 0.5) is 0 Å². The van der Waals surface area contributed by atoms with Crippen LogP contribution in [-0.2, 0) is 0 Å². The van der Waals surface area contributed by atoms with Crippen molar-refractivity contribution in [1.29, 1.82) is 0 Å². The Balaban J connectivity index is 0.000000606. The normalized spacial score (nSPS) is 9.50. The van der Waals surface area contributed by atoms with Crippen molar-refractivity contribution >= 4 is 0 Å². The van der Waals surface area contributed by atoms with E-state index in [1.54, 1.807) is 11.5 Å². The van der Waals surface area contributed by atoms with Gasteiger partial charge in [0, 0.05) is 0 Å². The van der Waals surface area contributed by atoms with Crippen molar-refractivity contribution in [1.82, 2.24) is 14.8 Å². The fourth-order valence-corrected chi connectivity index (χ4v) is 1.37. The van der Waals surface area contributed by atoms with Crippen molar-refractivity contribution in [3.63, 3.8) is 0 Å². The Morgan fingerprint density at radius 1 is 1.12 bits per heavy atom. The molecule has 0 saturated carbocycles. The number of aromatic nitrogens is 3. The number of nitrogens with one attached hydrogen (secondary N) is 1. The van der Waals surface area contributed by atoms with Gasteiger partial charge in [-0.1, -0.05) is 31.5 Å². The number of aryl methyl sites for hydroxylation is 2.